The van der Waals surface area contributed by atoms with Crippen LogP contribution < -0.4 is 25.8 Å². The van der Waals surface area contributed by atoms with Crippen LogP contribution in [0.5, 0.6) is 17.2 Å². The molecule has 1 saturated heterocycles. The lowest BCUT2D eigenvalue weighted by Crippen LogP contribution is -2.46. The second kappa shape index (κ2) is 9.13. The normalized spacial score (nSPS) is 18.3. The van der Waals surface area contributed by atoms with Gasteiger partial charge in [-0.1, -0.05) is 0 Å². The molecule has 1 atom stereocenters. The molecule has 5 rings (SSSR count). The molecular weight excluding hydrogens is 420 g/mol. The summed E-state index contributed by atoms with van der Waals surface area (Å²) in [5.74, 6) is 1.65. The van der Waals surface area contributed by atoms with Crippen LogP contribution in [0.3, 0.4) is 0 Å². The molecule has 2 aromatic carbocycles. The molecule has 3 heterocycles. The first-order valence-electron chi connectivity index (χ1n) is 11.2. The predicted octanol–water partition coefficient (Wildman–Crippen LogP) is 2.53. The molecule has 0 unspecified atom stereocenters. The monoisotopic (exact) mass is 448 g/mol. The van der Waals surface area contributed by atoms with E-state index in [1.165, 1.54) is 0 Å². The summed E-state index contributed by atoms with van der Waals surface area (Å²) in [7, 11) is 1.63. The molecule has 0 bridgehead atoms. The summed E-state index contributed by atoms with van der Waals surface area (Å²) in [6.45, 7) is 4.61. The van der Waals surface area contributed by atoms with Gasteiger partial charge in [0.25, 0.3) is 5.91 Å². The minimum atomic E-state index is -0.504. The molecule has 4 N–H and O–H groups in total. The van der Waals surface area contributed by atoms with Crippen molar-refractivity contribution in [2.24, 2.45) is 5.73 Å². The molecule has 9 nitrogen and oxygen atoms in total. The lowest BCUT2D eigenvalue weighted by atomic mass is 10.0. The lowest BCUT2D eigenvalue weighted by molar-refractivity contribution is 0.0993. The Bertz CT molecular complexity index is 1120. The van der Waals surface area contributed by atoms with E-state index in [2.05, 4.69) is 15.5 Å². The lowest BCUT2D eigenvalue weighted by Gasteiger charge is -2.36. The van der Waals surface area contributed by atoms with E-state index in [1.54, 1.807) is 11.8 Å². The van der Waals surface area contributed by atoms with E-state index in [9.17, 15) is 4.79 Å². The largest absolute Gasteiger partial charge is 0.497 e. The van der Waals surface area contributed by atoms with Crippen molar-refractivity contribution in [3.63, 3.8) is 0 Å². The summed E-state index contributed by atoms with van der Waals surface area (Å²) in [6.07, 6.45) is 0.941. The zero-order valence-corrected chi connectivity index (χ0v) is 18.6. The molecule has 33 heavy (non-hydrogen) atoms. The maximum Gasteiger partial charge on any atom is 0.269 e. The van der Waals surface area contributed by atoms with Crippen LogP contribution in [0.1, 0.15) is 28.6 Å². The van der Waals surface area contributed by atoms with Gasteiger partial charge in [-0.2, -0.15) is 5.10 Å². The maximum atomic E-state index is 12.4. The number of carbonyl (C=O) groups is 1. The number of hydrogen-bond donors (Lipinski definition) is 3. The SMILES string of the molecule is COc1ccc(Oc2ccc(-n3nc4c(c3C(N)=O)NCC[C@@H]4N3CCNCC3)cc2)cc1. The van der Waals surface area contributed by atoms with E-state index < -0.39 is 5.91 Å². The highest BCUT2D eigenvalue weighted by atomic mass is 16.5. The number of nitrogens with zero attached hydrogens (tertiary/aromatic N) is 3. The Kier molecular flexibility index (Phi) is 5.89. The van der Waals surface area contributed by atoms with Crippen molar-refractivity contribution in [3.05, 3.63) is 59.9 Å². The second-order valence-corrected chi connectivity index (χ2v) is 8.17. The minimum absolute atomic E-state index is 0.167. The molecule has 1 amide bonds. The highest BCUT2D eigenvalue weighted by Crippen LogP contribution is 2.37. The molecule has 0 spiro atoms. The summed E-state index contributed by atoms with van der Waals surface area (Å²) in [5, 5.41) is 11.6. The Hall–Kier alpha value is -3.56. The summed E-state index contributed by atoms with van der Waals surface area (Å²) >= 11 is 0. The van der Waals surface area contributed by atoms with Crippen molar-refractivity contribution in [1.29, 1.82) is 0 Å². The summed E-state index contributed by atoms with van der Waals surface area (Å²) in [6, 6.07) is 15.0. The molecule has 0 saturated carbocycles. The van der Waals surface area contributed by atoms with Crippen LogP contribution in [-0.2, 0) is 0 Å². The standard InChI is InChI=1S/C24H28N6O3/c1-32-17-6-8-19(9-7-17)33-18-4-2-16(3-5-18)30-23(24(25)31)22-21(28-30)20(10-11-27-22)29-14-12-26-13-15-29/h2-9,20,26-27H,10-15H2,1H3,(H2,25,31)/t20-/m0/s1. The van der Waals surface area contributed by atoms with Crippen LogP contribution in [0, 0.1) is 0 Å². The number of amides is 1. The molecule has 2 aliphatic rings. The average Bonchev–Trinajstić information content (AvgIpc) is 3.26. The van der Waals surface area contributed by atoms with Gasteiger partial charge in [0.15, 0.2) is 5.69 Å². The Labute approximate surface area is 192 Å². The first kappa shape index (κ1) is 21.3. The first-order chi connectivity index (χ1) is 16.1. The Balaban J connectivity index is 1.43. The van der Waals surface area contributed by atoms with Crippen molar-refractivity contribution >= 4 is 11.6 Å². The van der Waals surface area contributed by atoms with Crippen molar-refractivity contribution in [3.8, 4) is 22.9 Å². The number of hydrogen-bond acceptors (Lipinski definition) is 7. The number of ether oxygens (including phenoxy) is 2. The Morgan fingerprint density at radius 1 is 1.00 bits per heavy atom. The molecule has 2 aliphatic heterocycles. The van der Waals surface area contributed by atoms with E-state index >= 15 is 0 Å². The number of piperazine rings is 1. The molecule has 0 radical (unpaired) electrons. The fourth-order valence-electron chi connectivity index (χ4n) is 4.51. The molecule has 172 valence electrons. The molecule has 9 heteroatoms. The smallest absolute Gasteiger partial charge is 0.269 e. The number of fused-ring (bicyclic) bond motifs is 1. The van der Waals surface area contributed by atoms with Crippen LogP contribution >= 0.6 is 0 Å². The number of benzene rings is 2. The highest BCUT2D eigenvalue weighted by molar-refractivity contribution is 5.98. The van der Waals surface area contributed by atoms with Crippen molar-refractivity contribution < 1.29 is 14.3 Å². The van der Waals surface area contributed by atoms with Gasteiger partial charge in [-0.3, -0.25) is 9.69 Å². The van der Waals surface area contributed by atoms with E-state index in [4.69, 9.17) is 20.3 Å². The number of nitrogens with two attached hydrogens (primary N) is 1. The molecule has 1 aromatic heterocycles. The van der Waals surface area contributed by atoms with Crippen molar-refractivity contribution in [2.75, 3.05) is 45.2 Å². The van der Waals surface area contributed by atoms with Crippen LogP contribution in [0.25, 0.3) is 5.69 Å². The molecule has 0 aliphatic carbocycles. The van der Waals surface area contributed by atoms with Gasteiger partial charge in [0.2, 0.25) is 0 Å². The summed E-state index contributed by atoms with van der Waals surface area (Å²) in [4.78, 5) is 14.9. The number of anilines is 1. The fraction of sp³-hybridized carbons (Fsp3) is 0.333. The van der Waals surface area contributed by atoms with Crippen LogP contribution in [0.4, 0.5) is 5.69 Å². The summed E-state index contributed by atoms with van der Waals surface area (Å²) in [5.41, 5.74) is 8.57. The zero-order chi connectivity index (χ0) is 22.8. The van der Waals surface area contributed by atoms with Gasteiger partial charge < -0.3 is 25.8 Å². The maximum absolute atomic E-state index is 12.4. The third-order valence-electron chi connectivity index (χ3n) is 6.15. The van der Waals surface area contributed by atoms with Gasteiger partial charge >= 0.3 is 0 Å². The topological polar surface area (TPSA) is 107 Å². The molecule has 3 aromatic rings. The van der Waals surface area contributed by atoms with Gasteiger partial charge in [-0.25, -0.2) is 4.68 Å². The van der Waals surface area contributed by atoms with Crippen LogP contribution in [-0.4, -0.2) is 60.4 Å². The van der Waals surface area contributed by atoms with Gasteiger partial charge in [-0.05, 0) is 55.0 Å². The minimum Gasteiger partial charge on any atom is -0.497 e. The van der Waals surface area contributed by atoms with E-state index in [1.807, 2.05) is 48.5 Å². The number of carbonyl (C=O) groups excluding carboxylic acids is 1. The average molecular weight is 449 g/mol. The van der Waals surface area contributed by atoms with E-state index in [0.717, 1.165) is 62.0 Å². The zero-order valence-electron chi connectivity index (χ0n) is 18.6. The van der Waals surface area contributed by atoms with Gasteiger partial charge in [-0.15, -0.1) is 0 Å². The fourth-order valence-corrected chi connectivity index (χ4v) is 4.51. The molecular formula is C24H28N6O3. The van der Waals surface area contributed by atoms with Crippen LogP contribution in [0.2, 0.25) is 0 Å². The number of nitrogens with one attached hydrogen (secondary N) is 2. The quantitative estimate of drug-likeness (QED) is 0.532. The summed E-state index contributed by atoms with van der Waals surface area (Å²) < 4.78 is 12.8. The van der Waals surface area contributed by atoms with E-state index in [-0.39, 0.29) is 6.04 Å². The Morgan fingerprint density at radius 3 is 2.27 bits per heavy atom. The van der Waals surface area contributed by atoms with Crippen LogP contribution in [0.15, 0.2) is 48.5 Å². The second-order valence-electron chi connectivity index (χ2n) is 8.17. The van der Waals surface area contributed by atoms with E-state index in [0.29, 0.717) is 17.2 Å². The number of rotatable bonds is 6. The predicted molar refractivity (Wildman–Crippen MR) is 125 cm³/mol. The van der Waals surface area contributed by atoms with Gasteiger partial charge in [0.05, 0.1) is 24.5 Å². The van der Waals surface area contributed by atoms with Crippen molar-refractivity contribution in [1.82, 2.24) is 20.0 Å². The van der Waals surface area contributed by atoms with Gasteiger partial charge in [0.1, 0.15) is 22.9 Å². The number of methoxy groups -OCH3 is 1. The number of aromatic nitrogens is 2. The molecule has 1 fully saturated rings. The van der Waals surface area contributed by atoms with Gasteiger partial charge in [0, 0.05) is 32.7 Å². The Morgan fingerprint density at radius 2 is 1.64 bits per heavy atom. The third-order valence-corrected chi connectivity index (χ3v) is 6.15. The van der Waals surface area contributed by atoms with Crippen molar-refractivity contribution in [2.45, 2.75) is 12.5 Å². The third kappa shape index (κ3) is 4.24. The number of primary amides is 1. The highest BCUT2D eigenvalue weighted by Gasteiger charge is 2.34. The first-order valence-corrected chi connectivity index (χ1v) is 11.2.